The van der Waals surface area contributed by atoms with Crippen LogP contribution in [0.1, 0.15) is 17.7 Å². The van der Waals surface area contributed by atoms with Gasteiger partial charge in [-0.2, -0.15) is 0 Å². The van der Waals surface area contributed by atoms with Gasteiger partial charge in [0.2, 0.25) is 0 Å². The summed E-state index contributed by atoms with van der Waals surface area (Å²) in [5.41, 5.74) is 3.86. The van der Waals surface area contributed by atoms with Crippen molar-refractivity contribution in [2.45, 2.75) is 19.4 Å². The first-order chi connectivity index (χ1) is 6.83. The average Bonchev–Trinajstić information content (AvgIpc) is 2.45. The Morgan fingerprint density at radius 2 is 2.36 bits per heavy atom. The normalized spacial score (nSPS) is 29.4. The van der Waals surface area contributed by atoms with Gasteiger partial charge < -0.3 is 5.32 Å². The summed E-state index contributed by atoms with van der Waals surface area (Å²) in [7, 11) is 0. The van der Waals surface area contributed by atoms with Crippen molar-refractivity contribution in [1.82, 2.24) is 10.3 Å². The number of aromatic nitrogens is 1. The molecule has 0 amide bonds. The molecule has 0 unspecified atom stereocenters. The summed E-state index contributed by atoms with van der Waals surface area (Å²) in [6.45, 7) is 3.21. The van der Waals surface area contributed by atoms with Crippen LogP contribution in [0, 0.1) is 12.8 Å². The van der Waals surface area contributed by atoms with E-state index in [1.165, 1.54) is 24.1 Å². The molecule has 1 saturated heterocycles. The number of nitrogens with one attached hydrogen (secondary N) is 1. The molecule has 0 saturated carbocycles. The van der Waals surface area contributed by atoms with E-state index in [0.717, 1.165) is 11.6 Å². The lowest BCUT2D eigenvalue weighted by atomic mass is 9.94. The highest BCUT2D eigenvalue weighted by Crippen LogP contribution is 2.35. The van der Waals surface area contributed by atoms with Gasteiger partial charge in [0, 0.05) is 24.5 Å². The standard InChI is InChI=1S/C12H14N2/c1-8-2-3-9(6-13-8)10-4-11-7-14-12(11)5-10/h2-3,5-6,11-12,14H,4,7H2,1H3/t11-,12-/m0/s1. The van der Waals surface area contributed by atoms with Crippen LogP contribution in [0.25, 0.3) is 5.57 Å². The van der Waals surface area contributed by atoms with Crippen LogP contribution in [-0.4, -0.2) is 17.6 Å². The van der Waals surface area contributed by atoms with Crippen molar-refractivity contribution in [3.8, 4) is 0 Å². The second-order valence-corrected chi connectivity index (χ2v) is 4.28. The van der Waals surface area contributed by atoms with Crippen molar-refractivity contribution >= 4 is 5.57 Å². The van der Waals surface area contributed by atoms with E-state index < -0.39 is 0 Å². The summed E-state index contributed by atoms with van der Waals surface area (Å²) in [6, 6.07) is 4.91. The molecule has 0 bridgehead atoms. The number of aryl methyl sites for hydroxylation is 1. The highest BCUT2D eigenvalue weighted by Gasteiger charge is 2.34. The fourth-order valence-corrected chi connectivity index (χ4v) is 2.25. The molecular weight excluding hydrogens is 172 g/mol. The second kappa shape index (κ2) is 2.92. The molecule has 3 rings (SSSR count). The van der Waals surface area contributed by atoms with E-state index in [0.29, 0.717) is 6.04 Å². The Balaban J connectivity index is 1.89. The third-order valence-electron chi connectivity index (χ3n) is 3.27. The molecule has 1 aromatic rings. The van der Waals surface area contributed by atoms with E-state index in [1.54, 1.807) is 0 Å². The zero-order valence-electron chi connectivity index (χ0n) is 8.33. The van der Waals surface area contributed by atoms with Gasteiger partial charge in [-0.15, -0.1) is 0 Å². The molecule has 1 fully saturated rings. The number of hydrogen-bond donors (Lipinski definition) is 1. The quantitative estimate of drug-likeness (QED) is 0.723. The number of pyridine rings is 1. The summed E-state index contributed by atoms with van der Waals surface area (Å²) in [6.07, 6.45) is 5.58. The molecule has 2 aliphatic rings. The maximum Gasteiger partial charge on any atom is 0.0373 e. The van der Waals surface area contributed by atoms with E-state index in [2.05, 4.69) is 28.5 Å². The number of nitrogens with zero attached hydrogens (tertiary/aromatic N) is 1. The monoisotopic (exact) mass is 186 g/mol. The maximum absolute atomic E-state index is 4.33. The Morgan fingerprint density at radius 3 is 2.86 bits per heavy atom. The van der Waals surface area contributed by atoms with Crippen molar-refractivity contribution in [2.24, 2.45) is 5.92 Å². The van der Waals surface area contributed by atoms with Gasteiger partial charge in [0.15, 0.2) is 0 Å². The first-order valence-electron chi connectivity index (χ1n) is 5.20. The van der Waals surface area contributed by atoms with Gasteiger partial charge >= 0.3 is 0 Å². The Labute approximate surface area is 84.1 Å². The summed E-state index contributed by atoms with van der Waals surface area (Å²) < 4.78 is 0. The van der Waals surface area contributed by atoms with Crippen LogP contribution in [0.2, 0.25) is 0 Å². The van der Waals surface area contributed by atoms with Gasteiger partial charge in [0.05, 0.1) is 0 Å². The van der Waals surface area contributed by atoms with Crippen LogP contribution >= 0.6 is 0 Å². The second-order valence-electron chi connectivity index (χ2n) is 4.28. The lowest BCUT2D eigenvalue weighted by molar-refractivity contribution is 0.301. The summed E-state index contributed by atoms with van der Waals surface area (Å²) in [5.74, 6) is 0.853. The highest BCUT2D eigenvalue weighted by atomic mass is 15.0. The Kier molecular flexibility index (Phi) is 1.71. The van der Waals surface area contributed by atoms with Gasteiger partial charge in [0.1, 0.15) is 0 Å². The molecule has 1 N–H and O–H groups in total. The minimum absolute atomic E-state index is 0.645. The largest absolute Gasteiger partial charge is 0.310 e. The Morgan fingerprint density at radius 1 is 1.43 bits per heavy atom. The molecule has 2 atom stereocenters. The first kappa shape index (κ1) is 8.18. The van der Waals surface area contributed by atoms with E-state index >= 15 is 0 Å². The highest BCUT2D eigenvalue weighted by molar-refractivity contribution is 5.68. The topological polar surface area (TPSA) is 24.9 Å². The predicted molar refractivity (Wildman–Crippen MR) is 56.8 cm³/mol. The fraction of sp³-hybridized carbons (Fsp3) is 0.417. The van der Waals surface area contributed by atoms with Crippen molar-refractivity contribution in [3.63, 3.8) is 0 Å². The number of hydrogen-bond acceptors (Lipinski definition) is 2. The Hall–Kier alpha value is -1.15. The average molecular weight is 186 g/mol. The molecule has 0 spiro atoms. The van der Waals surface area contributed by atoms with E-state index in [4.69, 9.17) is 0 Å². The third kappa shape index (κ3) is 1.18. The molecule has 1 aliphatic carbocycles. The lowest BCUT2D eigenvalue weighted by Gasteiger charge is -2.31. The molecule has 2 heteroatoms. The van der Waals surface area contributed by atoms with Gasteiger partial charge in [-0.1, -0.05) is 12.1 Å². The molecule has 0 radical (unpaired) electrons. The Bertz CT molecular complexity index is 378. The zero-order valence-corrected chi connectivity index (χ0v) is 8.33. The van der Waals surface area contributed by atoms with Crippen LogP contribution in [-0.2, 0) is 0 Å². The summed E-state index contributed by atoms with van der Waals surface area (Å²) >= 11 is 0. The minimum Gasteiger partial charge on any atom is -0.310 e. The van der Waals surface area contributed by atoms with E-state index in [1.807, 2.05) is 13.1 Å². The van der Waals surface area contributed by atoms with Crippen molar-refractivity contribution in [3.05, 3.63) is 35.7 Å². The summed E-state index contributed by atoms with van der Waals surface area (Å²) in [5, 5.41) is 3.42. The van der Waals surface area contributed by atoms with Crippen LogP contribution in [0.3, 0.4) is 0 Å². The van der Waals surface area contributed by atoms with E-state index in [9.17, 15) is 0 Å². The number of fused-ring (bicyclic) bond motifs is 1. The van der Waals surface area contributed by atoms with Gasteiger partial charge in [-0.3, -0.25) is 4.98 Å². The summed E-state index contributed by atoms with van der Waals surface area (Å²) in [4.78, 5) is 4.33. The van der Waals surface area contributed by atoms with Crippen molar-refractivity contribution in [1.29, 1.82) is 0 Å². The minimum atomic E-state index is 0.645. The van der Waals surface area contributed by atoms with Gasteiger partial charge in [0.25, 0.3) is 0 Å². The van der Waals surface area contributed by atoms with Crippen molar-refractivity contribution < 1.29 is 0 Å². The molecule has 1 aromatic heterocycles. The van der Waals surface area contributed by atoms with E-state index in [-0.39, 0.29) is 0 Å². The third-order valence-corrected chi connectivity index (χ3v) is 3.27. The number of allylic oxidation sites excluding steroid dienone is 1. The van der Waals surface area contributed by atoms with Crippen LogP contribution in [0.15, 0.2) is 24.4 Å². The molecule has 72 valence electrons. The zero-order chi connectivity index (χ0) is 9.54. The van der Waals surface area contributed by atoms with Crippen LogP contribution in [0.5, 0.6) is 0 Å². The first-order valence-corrected chi connectivity index (χ1v) is 5.20. The molecular formula is C12H14N2. The smallest absolute Gasteiger partial charge is 0.0373 e. The fourth-order valence-electron chi connectivity index (χ4n) is 2.25. The van der Waals surface area contributed by atoms with Gasteiger partial charge in [-0.05, 0) is 36.5 Å². The molecule has 2 heterocycles. The lowest BCUT2D eigenvalue weighted by Crippen LogP contribution is -2.49. The molecule has 0 aromatic carbocycles. The maximum atomic E-state index is 4.33. The predicted octanol–water partition coefficient (Wildman–Crippen LogP) is 1.77. The van der Waals surface area contributed by atoms with Crippen LogP contribution in [0.4, 0.5) is 0 Å². The van der Waals surface area contributed by atoms with Crippen LogP contribution < -0.4 is 5.32 Å². The number of rotatable bonds is 1. The molecule has 14 heavy (non-hydrogen) atoms. The van der Waals surface area contributed by atoms with Gasteiger partial charge in [-0.25, -0.2) is 0 Å². The SMILES string of the molecule is Cc1ccc(C2=C[C@@H]3NC[C@@H]3C2)cn1. The van der Waals surface area contributed by atoms with Crippen molar-refractivity contribution in [2.75, 3.05) is 6.54 Å². The molecule has 2 nitrogen and oxygen atoms in total. The molecule has 1 aliphatic heterocycles.